The van der Waals surface area contributed by atoms with E-state index in [1.54, 1.807) is 6.07 Å². The van der Waals surface area contributed by atoms with Gasteiger partial charge < -0.3 is 14.9 Å². The van der Waals surface area contributed by atoms with E-state index in [0.29, 0.717) is 0 Å². The maximum absolute atomic E-state index is 11.1. The van der Waals surface area contributed by atoms with Gasteiger partial charge in [-0.2, -0.15) is 0 Å². The molecule has 2 aromatic rings. The minimum absolute atomic E-state index is 0.158. The van der Waals surface area contributed by atoms with E-state index in [4.69, 9.17) is 9.84 Å². The normalized spacial score (nSPS) is 10.2. The van der Waals surface area contributed by atoms with Crippen molar-refractivity contribution in [3.63, 3.8) is 0 Å². The van der Waals surface area contributed by atoms with E-state index in [-0.39, 0.29) is 23.7 Å². The van der Waals surface area contributed by atoms with Crippen molar-refractivity contribution in [2.24, 2.45) is 0 Å². The number of benzene rings is 2. The SMILES string of the molecule is O=C(O)c1c(O)cccc1OCc1ccc(I)cc1. The van der Waals surface area contributed by atoms with Crippen LogP contribution in [0.15, 0.2) is 42.5 Å². The summed E-state index contributed by atoms with van der Waals surface area (Å²) in [6.45, 7) is 0.251. The van der Waals surface area contributed by atoms with Gasteiger partial charge in [-0.25, -0.2) is 4.79 Å². The number of halogens is 1. The molecule has 2 aromatic carbocycles. The van der Waals surface area contributed by atoms with Gasteiger partial charge in [0.2, 0.25) is 0 Å². The summed E-state index contributed by atoms with van der Waals surface area (Å²) >= 11 is 2.20. The highest BCUT2D eigenvalue weighted by Crippen LogP contribution is 2.28. The first-order valence-corrected chi connectivity index (χ1v) is 6.58. The van der Waals surface area contributed by atoms with Gasteiger partial charge in [-0.15, -0.1) is 0 Å². The molecule has 0 aliphatic carbocycles. The summed E-state index contributed by atoms with van der Waals surface area (Å²) in [4.78, 5) is 11.1. The quantitative estimate of drug-likeness (QED) is 0.811. The number of rotatable bonds is 4. The molecule has 0 aliphatic heterocycles. The summed E-state index contributed by atoms with van der Waals surface area (Å²) in [6.07, 6.45) is 0. The second-order valence-electron chi connectivity index (χ2n) is 3.87. The van der Waals surface area contributed by atoms with E-state index >= 15 is 0 Å². The second-order valence-corrected chi connectivity index (χ2v) is 5.12. The fraction of sp³-hybridized carbons (Fsp3) is 0.0714. The van der Waals surface area contributed by atoms with Crippen LogP contribution in [0, 0.1) is 3.57 Å². The highest BCUT2D eigenvalue weighted by molar-refractivity contribution is 14.1. The average Bonchev–Trinajstić information content (AvgIpc) is 2.37. The number of carboxylic acids is 1. The Kier molecular flexibility index (Phi) is 4.26. The summed E-state index contributed by atoms with van der Waals surface area (Å²) in [5.41, 5.74) is 0.716. The zero-order chi connectivity index (χ0) is 13.8. The zero-order valence-electron chi connectivity index (χ0n) is 9.84. The van der Waals surface area contributed by atoms with Gasteiger partial charge in [0.05, 0.1) is 0 Å². The second kappa shape index (κ2) is 5.92. The third-order valence-corrected chi connectivity index (χ3v) is 3.24. The number of hydrogen-bond acceptors (Lipinski definition) is 3. The largest absolute Gasteiger partial charge is 0.507 e. The summed E-state index contributed by atoms with van der Waals surface area (Å²) in [7, 11) is 0. The molecule has 98 valence electrons. The number of aromatic hydroxyl groups is 1. The van der Waals surface area contributed by atoms with Crippen LogP contribution in [0.1, 0.15) is 15.9 Å². The van der Waals surface area contributed by atoms with Crippen LogP contribution in [-0.4, -0.2) is 16.2 Å². The molecule has 0 radical (unpaired) electrons. The van der Waals surface area contributed by atoms with E-state index in [0.717, 1.165) is 9.13 Å². The Balaban J connectivity index is 2.18. The minimum Gasteiger partial charge on any atom is -0.507 e. The van der Waals surface area contributed by atoms with Crippen LogP contribution in [0.2, 0.25) is 0 Å². The highest BCUT2D eigenvalue weighted by Gasteiger charge is 2.16. The molecule has 0 aliphatic rings. The van der Waals surface area contributed by atoms with Crippen LogP contribution in [0.3, 0.4) is 0 Å². The molecule has 0 heterocycles. The molecule has 0 atom stereocenters. The standard InChI is InChI=1S/C14H11IO4/c15-10-6-4-9(5-7-10)8-19-12-3-1-2-11(16)13(12)14(17)18/h1-7,16H,8H2,(H,17,18). The summed E-state index contributed by atoms with van der Waals surface area (Å²) in [5.74, 6) is -1.35. The molecule has 0 spiro atoms. The van der Waals surface area contributed by atoms with E-state index in [1.807, 2.05) is 24.3 Å². The Morgan fingerprint density at radius 3 is 2.47 bits per heavy atom. The predicted octanol–water partition coefficient (Wildman–Crippen LogP) is 3.27. The Labute approximate surface area is 123 Å². The van der Waals surface area contributed by atoms with Gasteiger partial charge in [-0.05, 0) is 52.4 Å². The van der Waals surface area contributed by atoms with Crippen LogP contribution >= 0.6 is 22.6 Å². The predicted molar refractivity (Wildman–Crippen MR) is 78.6 cm³/mol. The van der Waals surface area contributed by atoms with Gasteiger partial charge in [-0.1, -0.05) is 18.2 Å². The van der Waals surface area contributed by atoms with E-state index in [9.17, 15) is 9.90 Å². The Hall–Kier alpha value is -1.76. The van der Waals surface area contributed by atoms with Crippen LogP contribution in [0.4, 0.5) is 0 Å². The smallest absolute Gasteiger partial charge is 0.343 e. The maximum atomic E-state index is 11.1. The molecule has 2 rings (SSSR count). The summed E-state index contributed by atoms with van der Waals surface area (Å²) in [5, 5.41) is 18.6. The molecule has 0 fully saturated rings. The lowest BCUT2D eigenvalue weighted by molar-refractivity contribution is 0.0688. The molecule has 5 heteroatoms. The number of ether oxygens (including phenoxy) is 1. The van der Waals surface area contributed by atoms with Crippen molar-refractivity contribution in [3.05, 3.63) is 57.2 Å². The van der Waals surface area contributed by atoms with Gasteiger partial charge in [0.15, 0.2) is 0 Å². The maximum Gasteiger partial charge on any atom is 0.343 e. The third kappa shape index (κ3) is 3.37. The first-order valence-electron chi connectivity index (χ1n) is 5.50. The number of carboxylic acid groups (broad SMARTS) is 1. The van der Waals surface area contributed by atoms with Crippen molar-refractivity contribution in [3.8, 4) is 11.5 Å². The molecule has 2 N–H and O–H groups in total. The van der Waals surface area contributed by atoms with Crippen molar-refractivity contribution in [1.29, 1.82) is 0 Å². The topological polar surface area (TPSA) is 66.8 Å². The lowest BCUT2D eigenvalue weighted by Gasteiger charge is -2.10. The Morgan fingerprint density at radius 1 is 1.16 bits per heavy atom. The van der Waals surface area contributed by atoms with Gasteiger partial charge in [0.25, 0.3) is 0 Å². The van der Waals surface area contributed by atoms with Gasteiger partial charge in [0.1, 0.15) is 23.7 Å². The molecule has 0 bridgehead atoms. The van der Waals surface area contributed by atoms with Gasteiger partial charge in [-0.3, -0.25) is 0 Å². The highest BCUT2D eigenvalue weighted by atomic mass is 127. The number of aromatic carboxylic acids is 1. The average molecular weight is 370 g/mol. The molecule has 4 nitrogen and oxygen atoms in total. The summed E-state index contributed by atoms with van der Waals surface area (Å²) in [6, 6.07) is 12.1. The number of phenols is 1. The van der Waals surface area contributed by atoms with Crippen LogP contribution < -0.4 is 4.74 Å². The first-order chi connectivity index (χ1) is 9.08. The minimum atomic E-state index is -1.21. The fourth-order valence-electron chi connectivity index (χ4n) is 1.60. The molecular weight excluding hydrogens is 359 g/mol. The van der Waals surface area contributed by atoms with Crippen LogP contribution in [-0.2, 0) is 6.61 Å². The lowest BCUT2D eigenvalue weighted by atomic mass is 10.2. The molecule has 19 heavy (non-hydrogen) atoms. The monoisotopic (exact) mass is 370 g/mol. The first kappa shape index (κ1) is 13.7. The van der Waals surface area contributed by atoms with Gasteiger partial charge in [0, 0.05) is 3.57 Å². The van der Waals surface area contributed by atoms with Crippen LogP contribution in [0.5, 0.6) is 11.5 Å². The van der Waals surface area contributed by atoms with E-state index in [1.165, 1.54) is 12.1 Å². The van der Waals surface area contributed by atoms with E-state index < -0.39 is 5.97 Å². The molecule has 0 amide bonds. The molecule has 0 saturated carbocycles. The van der Waals surface area contributed by atoms with Crippen molar-refractivity contribution in [2.45, 2.75) is 6.61 Å². The molecule has 0 saturated heterocycles. The molecular formula is C14H11IO4. The molecule has 0 unspecified atom stereocenters. The lowest BCUT2D eigenvalue weighted by Crippen LogP contribution is -2.03. The molecule has 0 aromatic heterocycles. The number of hydrogen-bond donors (Lipinski definition) is 2. The van der Waals surface area contributed by atoms with Crippen molar-refractivity contribution >= 4 is 28.6 Å². The van der Waals surface area contributed by atoms with E-state index in [2.05, 4.69) is 22.6 Å². The van der Waals surface area contributed by atoms with Crippen molar-refractivity contribution < 1.29 is 19.7 Å². The Morgan fingerprint density at radius 2 is 1.84 bits per heavy atom. The fourth-order valence-corrected chi connectivity index (χ4v) is 1.96. The van der Waals surface area contributed by atoms with Gasteiger partial charge >= 0.3 is 5.97 Å². The number of carbonyl (C=O) groups is 1. The summed E-state index contributed by atoms with van der Waals surface area (Å²) < 4.78 is 6.58. The Bertz CT molecular complexity index is 593. The zero-order valence-corrected chi connectivity index (χ0v) is 12.0. The van der Waals surface area contributed by atoms with Crippen molar-refractivity contribution in [1.82, 2.24) is 0 Å². The third-order valence-electron chi connectivity index (χ3n) is 2.53. The van der Waals surface area contributed by atoms with Crippen molar-refractivity contribution in [2.75, 3.05) is 0 Å². The van der Waals surface area contributed by atoms with Crippen LogP contribution in [0.25, 0.3) is 0 Å².